The zero-order valence-electron chi connectivity index (χ0n) is 15.9. The molecule has 3 aromatic rings. The molecular formula is C21H22N2O4S. The standard InChI is InChI=1S/C21H22N2O4S/c1-3-9-23-16-7-6-15(25-4-2)13-19(16)28-21(23)22-20(24)14-5-8-17-18(12-14)27-11-10-26-17/h5-8,12-13H,3-4,9-11H2,1-2H3. The van der Waals surface area contributed by atoms with Gasteiger partial charge in [0, 0.05) is 12.1 Å². The average molecular weight is 398 g/mol. The number of fused-ring (bicyclic) bond motifs is 2. The van der Waals surface area contributed by atoms with Crippen molar-refractivity contribution in [1.82, 2.24) is 4.57 Å². The number of thiazole rings is 1. The molecule has 0 radical (unpaired) electrons. The summed E-state index contributed by atoms with van der Waals surface area (Å²) >= 11 is 1.50. The highest BCUT2D eigenvalue weighted by Crippen LogP contribution is 2.31. The van der Waals surface area contributed by atoms with Crippen molar-refractivity contribution < 1.29 is 19.0 Å². The SMILES string of the molecule is CCCn1c(=NC(=O)c2ccc3c(c2)OCCO3)sc2cc(OCC)ccc21. The monoisotopic (exact) mass is 398 g/mol. The number of carbonyl (C=O) groups excluding carboxylic acids is 1. The van der Waals surface area contributed by atoms with Gasteiger partial charge in [0.1, 0.15) is 19.0 Å². The van der Waals surface area contributed by atoms with Gasteiger partial charge in [-0.2, -0.15) is 4.99 Å². The van der Waals surface area contributed by atoms with Gasteiger partial charge in [-0.25, -0.2) is 0 Å². The molecule has 0 unspecified atom stereocenters. The summed E-state index contributed by atoms with van der Waals surface area (Å²) in [5.41, 5.74) is 1.55. The van der Waals surface area contributed by atoms with Gasteiger partial charge in [-0.1, -0.05) is 18.3 Å². The van der Waals surface area contributed by atoms with Crippen LogP contribution in [0.3, 0.4) is 0 Å². The highest BCUT2D eigenvalue weighted by molar-refractivity contribution is 7.16. The summed E-state index contributed by atoms with van der Waals surface area (Å²) in [6, 6.07) is 11.2. The molecule has 7 heteroatoms. The van der Waals surface area contributed by atoms with Gasteiger partial charge in [-0.15, -0.1) is 0 Å². The minimum absolute atomic E-state index is 0.293. The Bertz CT molecular complexity index is 1080. The molecule has 0 saturated heterocycles. The van der Waals surface area contributed by atoms with E-state index in [0.29, 0.717) is 41.7 Å². The summed E-state index contributed by atoms with van der Waals surface area (Å²) in [4.78, 5) is 17.9. The second kappa shape index (κ2) is 8.06. The normalized spacial score (nSPS) is 13.7. The zero-order valence-corrected chi connectivity index (χ0v) is 16.8. The van der Waals surface area contributed by atoms with E-state index in [9.17, 15) is 4.79 Å². The highest BCUT2D eigenvalue weighted by atomic mass is 32.1. The van der Waals surface area contributed by atoms with Crippen molar-refractivity contribution >= 4 is 27.5 Å². The predicted octanol–water partition coefficient (Wildman–Crippen LogP) is 4.02. The van der Waals surface area contributed by atoms with E-state index in [1.54, 1.807) is 18.2 Å². The maximum Gasteiger partial charge on any atom is 0.279 e. The first-order valence-electron chi connectivity index (χ1n) is 9.44. The second-order valence-electron chi connectivity index (χ2n) is 6.37. The number of nitrogens with zero attached hydrogens (tertiary/aromatic N) is 2. The first kappa shape index (κ1) is 18.6. The van der Waals surface area contributed by atoms with Gasteiger partial charge >= 0.3 is 0 Å². The summed E-state index contributed by atoms with van der Waals surface area (Å²) in [7, 11) is 0. The van der Waals surface area contributed by atoms with Gasteiger partial charge < -0.3 is 18.8 Å². The first-order chi connectivity index (χ1) is 13.7. The van der Waals surface area contributed by atoms with Crippen LogP contribution in [0.25, 0.3) is 10.2 Å². The van der Waals surface area contributed by atoms with Crippen molar-refractivity contribution in [3.05, 3.63) is 46.8 Å². The lowest BCUT2D eigenvalue weighted by Crippen LogP contribution is -2.17. The minimum Gasteiger partial charge on any atom is -0.494 e. The van der Waals surface area contributed by atoms with Crippen LogP contribution in [-0.2, 0) is 6.54 Å². The molecule has 0 N–H and O–H groups in total. The lowest BCUT2D eigenvalue weighted by atomic mass is 10.2. The molecule has 2 aromatic carbocycles. The van der Waals surface area contributed by atoms with Gasteiger partial charge in [0.25, 0.3) is 5.91 Å². The van der Waals surface area contributed by atoms with Crippen molar-refractivity contribution in [3.8, 4) is 17.2 Å². The Labute approximate surface area is 167 Å². The number of aryl methyl sites for hydroxylation is 1. The Morgan fingerprint density at radius 3 is 2.75 bits per heavy atom. The van der Waals surface area contributed by atoms with Crippen LogP contribution in [0.5, 0.6) is 17.2 Å². The van der Waals surface area contributed by atoms with Crippen LogP contribution in [0.1, 0.15) is 30.6 Å². The number of hydrogen-bond acceptors (Lipinski definition) is 5. The van der Waals surface area contributed by atoms with Gasteiger partial charge in [0.15, 0.2) is 16.3 Å². The third kappa shape index (κ3) is 3.62. The third-order valence-corrected chi connectivity index (χ3v) is 5.44. The Morgan fingerprint density at radius 2 is 1.96 bits per heavy atom. The largest absolute Gasteiger partial charge is 0.494 e. The van der Waals surface area contributed by atoms with E-state index < -0.39 is 0 Å². The second-order valence-corrected chi connectivity index (χ2v) is 7.38. The molecule has 4 rings (SSSR count). The van der Waals surface area contributed by atoms with Crippen LogP contribution in [0.4, 0.5) is 0 Å². The van der Waals surface area contributed by atoms with Crippen molar-refractivity contribution in [2.45, 2.75) is 26.8 Å². The van der Waals surface area contributed by atoms with Crippen LogP contribution in [-0.4, -0.2) is 30.3 Å². The summed E-state index contributed by atoms with van der Waals surface area (Å²) < 4.78 is 19.8. The lowest BCUT2D eigenvalue weighted by Gasteiger charge is -2.18. The summed E-state index contributed by atoms with van der Waals surface area (Å²) in [6.45, 7) is 6.48. The number of amides is 1. The number of hydrogen-bond donors (Lipinski definition) is 0. The molecule has 0 saturated carbocycles. The Hall–Kier alpha value is -2.80. The molecule has 28 heavy (non-hydrogen) atoms. The highest BCUT2D eigenvalue weighted by Gasteiger charge is 2.15. The summed E-state index contributed by atoms with van der Waals surface area (Å²) in [5.74, 6) is 1.78. The van der Waals surface area contributed by atoms with E-state index in [-0.39, 0.29) is 5.91 Å². The van der Waals surface area contributed by atoms with Crippen LogP contribution >= 0.6 is 11.3 Å². The smallest absolute Gasteiger partial charge is 0.279 e. The topological polar surface area (TPSA) is 62.1 Å². The molecule has 0 fully saturated rings. The molecule has 0 aliphatic carbocycles. The van der Waals surface area contributed by atoms with Crippen LogP contribution in [0.15, 0.2) is 41.4 Å². The molecule has 2 heterocycles. The fourth-order valence-electron chi connectivity index (χ4n) is 3.16. The molecule has 1 aliphatic heterocycles. The maximum absolute atomic E-state index is 12.8. The molecule has 0 spiro atoms. The molecule has 146 valence electrons. The number of rotatable bonds is 5. The van der Waals surface area contributed by atoms with Crippen LogP contribution < -0.4 is 19.0 Å². The Balaban J connectivity index is 1.75. The predicted molar refractivity (Wildman–Crippen MR) is 109 cm³/mol. The summed E-state index contributed by atoms with van der Waals surface area (Å²) in [6.07, 6.45) is 0.949. The Kier molecular flexibility index (Phi) is 5.34. The van der Waals surface area contributed by atoms with Crippen molar-refractivity contribution in [2.75, 3.05) is 19.8 Å². The lowest BCUT2D eigenvalue weighted by molar-refractivity contribution is 0.0996. The fraction of sp³-hybridized carbons (Fsp3) is 0.333. The molecule has 1 amide bonds. The fourth-order valence-corrected chi connectivity index (χ4v) is 4.25. The van der Waals surface area contributed by atoms with Gasteiger partial charge in [-0.3, -0.25) is 4.79 Å². The quantitative estimate of drug-likeness (QED) is 0.651. The van der Waals surface area contributed by atoms with Gasteiger partial charge in [0.05, 0.1) is 16.8 Å². The molecule has 1 aromatic heterocycles. The maximum atomic E-state index is 12.8. The van der Waals surface area contributed by atoms with Crippen LogP contribution in [0.2, 0.25) is 0 Å². The molecular weight excluding hydrogens is 376 g/mol. The van der Waals surface area contributed by atoms with E-state index in [4.69, 9.17) is 14.2 Å². The molecule has 1 aliphatic rings. The summed E-state index contributed by atoms with van der Waals surface area (Å²) in [5, 5.41) is 0. The van der Waals surface area contributed by atoms with Crippen LogP contribution in [0, 0.1) is 0 Å². The molecule has 6 nitrogen and oxygen atoms in total. The van der Waals surface area contributed by atoms with E-state index in [0.717, 1.165) is 28.9 Å². The first-order valence-corrected chi connectivity index (χ1v) is 10.3. The van der Waals surface area contributed by atoms with Gasteiger partial charge in [-0.05, 0) is 49.7 Å². The Morgan fingerprint density at radius 1 is 1.14 bits per heavy atom. The minimum atomic E-state index is -0.293. The number of benzene rings is 2. The van der Waals surface area contributed by atoms with Gasteiger partial charge in [0.2, 0.25) is 0 Å². The third-order valence-electron chi connectivity index (χ3n) is 4.40. The van der Waals surface area contributed by atoms with Crippen molar-refractivity contribution in [2.24, 2.45) is 4.99 Å². The van der Waals surface area contributed by atoms with E-state index in [1.807, 2.05) is 25.1 Å². The zero-order chi connectivity index (χ0) is 19.5. The number of ether oxygens (including phenoxy) is 3. The van der Waals surface area contributed by atoms with E-state index in [2.05, 4.69) is 16.5 Å². The molecule has 0 atom stereocenters. The average Bonchev–Trinajstić information content (AvgIpc) is 3.04. The van der Waals surface area contributed by atoms with Crippen molar-refractivity contribution in [1.29, 1.82) is 0 Å². The van der Waals surface area contributed by atoms with Crippen molar-refractivity contribution in [3.63, 3.8) is 0 Å². The number of aromatic nitrogens is 1. The van der Waals surface area contributed by atoms with E-state index >= 15 is 0 Å². The molecule has 0 bridgehead atoms. The van der Waals surface area contributed by atoms with E-state index in [1.165, 1.54) is 11.3 Å². The number of carbonyl (C=O) groups is 1.